The van der Waals surface area contributed by atoms with Gasteiger partial charge < -0.3 is 10.2 Å². The molecule has 2 aromatic rings. The van der Waals surface area contributed by atoms with Crippen molar-refractivity contribution in [3.05, 3.63) is 59.4 Å². The Morgan fingerprint density at radius 2 is 1.72 bits per heavy atom. The van der Waals surface area contributed by atoms with Crippen molar-refractivity contribution >= 4 is 28.9 Å². The molecule has 0 unspecified atom stereocenters. The van der Waals surface area contributed by atoms with E-state index in [9.17, 15) is 9.18 Å². The fraction of sp³-hybridized carbons (Fsp3) is 0.316. The summed E-state index contributed by atoms with van der Waals surface area (Å²) in [5.74, 6) is -0.622. The number of anilines is 2. The summed E-state index contributed by atoms with van der Waals surface area (Å²) < 4.78 is 13.7. The Kier molecular flexibility index (Phi) is 5.56. The highest BCUT2D eigenvalue weighted by atomic mass is 35.5. The van der Waals surface area contributed by atoms with Crippen LogP contribution in [0.1, 0.15) is 6.92 Å². The van der Waals surface area contributed by atoms with E-state index in [1.807, 2.05) is 31.2 Å². The minimum atomic E-state index is -0.424. The third-order valence-electron chi connectivity index (χ3n) is 4.57. The molecular formula is C19H21ClFN3O. The molecule has 132 valence electrons. The van der Waals surface area contributed by atoms with E-state index < -0.39 is 5.82 Å². The number of piperazine rings is 1. The average Bonchev–Trinajstić information content (AvgIpc) is 2.63. The fourth-order valence-corrected chi connectivity index (χ4v) is 3.28. The van der Waals surface area contributed by atoms with Crippen molar-refractivity contribution in [3.63, 3.8) is 0 Å². The van der Waals surface area contributed by atoms with Gasteiger partial charge in [0.15, 0.2) is 0 Å². The molecule has 6 heteroatoms. The molecule has 0 aliphatic carbocycles. The van der Waals surface area contributed by atoms with Gasteiger partial charge in [0.2, 0.25) is 5.91 Å². The molecule has 1 atom stereocenters. The van der Waals surface area contributed by atoms with E-state index >= 15 is 0 Å². The molecule has 1 heterocycles. The number of benzene rings is 2. The predicted octanol–water partition coefficient (Wildman–Crippen LogP) is 3.63. The largest absolute Gasteiger partial charge is 0.368 e. The third kappa shape index (κ3) is 4.11. The number of carbonyl (C=O) groups is 1. The maximum Gasteiger partial charge on any atom is 0.241 e. The van der Waals surface area contributed by atoms with Crippen LogP contribution in [0, 0.1) is 5.82 Å². The van der Waals surface area contributed by atoms with Gasteiger partial charge in [0.25, 0.3) is 0 Å². The summed E-state index contributed by atoms with van der Waals surface area (Å²) >= 11 is 6.26. The van der Waals surface area contributed by atoms with Crippen LogP contribution < -0.4 is 10.2 Å². The van der Waals surface area contributed by atoms with E-state index in [0.717, 1.165) is 36.9 Å². The fourth-order valence-electron chi connectivity index (χ4n) is 3.02. The standard InChI is InChI=1S/C19H21ClFN3O/c1-14(19(25)22-17-8-4-3-7-16(17)21)23-10-12-24(13-11-23)18-9-5-2-6-15(18)20/h2-9,14H,10-13H2,1H3,(H,22,25)/t14-/m0/s1. The van der Waals surface area contributed by atoms with Crippen LogP contribution in [0.3, 0.4) is 0 Å². The second kappa shape index (κ2) is 7.85. The molecule has 25 heavy (non-hydrogen) atoms. The molecule has 1 aliphatic heterocycles. The molecule has 0 radical (unpaired) electrons. The second-order valence-electron chi connectivity index (χ2n) is 6.12. The molecule has 0 saturated carbocycles. The number of halogens is 2. The van der Waals surface area contributed by atoms with Crippen LogP contribution in [0.5, 0.6) is 0 Å². The first-order chi connectivity index (χ1) is 12.1. The first-order valence-corrected chi connectivity index (χ1v) is 8.73. The minimum absolute atomic E-state index is 0.198. The Bertz CT molecular complexity index is 747. The molecule has 1 amide bonds. The Hall–Kier alpha value is -2.11. The summed E-state index contributed by atoms with van der Waals surface area (Å²) in [6.07, 6.45) is 0. The highest BCUT2D eigenvalue weighted by Crippen LogP contribution is 2.26. The third-order valence-corrected chi connectivity index (χ3v) is 4.89. The monoisotopic (exact) mass is 361 g/mol. The van der Waals surface area contributed by atoms with Gasteiger partial charge in [0.1, 0.15) is 5.82 Å². The van der Waals surface area contributed by atoms with Crippen LogP contribution in [0.15, 0.2) is 48.5 Å². The Morgan fingerprint density at radius 1 is 1.08 bits per heavy atom. The van der Waals surface area contributed by atoms with Gasteiger partial charge in [-0.25, -0.2) is 4.39 Å². The van der Waals surface area contributed by atoms with Crippen LogP contribution in [0.2, 0.25) is 5.02 Å². The zero-order valence-electron chi connectivity index (χ0n) is 14.1. The van der Waals surface area contributed by atoms with Crippen LogP contribution in [-0.2, 0) is 4.79 Å². The average molecular weight is 362 g/mol. The lowest BCUT2D eigenvalue weighted by Crippen LogP contribution is -2.53. The lowest BCUT2D eigenvalue weighted by Gasteiger charge is -2.38. The maximum atomic E-state index is 13.7. The van der Waals surface area contributed by atoms with Gasteiger partial charge in [-0.05, 0) is 31.2 Å². The molecule has 4 nitrogen and oxygen atoms in total. The van der Waals surface area contributed by atoms with Crippen LogP contribution >= 0.6 is 11.6 Å². The van der Waals surface area contributed by atoms with Gasteiger partial charge in [-0.15, -0.1) is 0 Å². The van der Waals surface area contributed by atoms with Crippen LogP contribution in [-0.4, -0.2) is 43.0 Å². The first kappa shape index (κ1) is 17.7. The highest BCUT2D eigenvalue weighted by molar-refractivity contribution is 6.33. The number of hydrogen-bond donors (Lipinski definition) is 1. The molecule has 2 aromatic carbocycles. The molecule has 0 spiro atoms. The lowest BCUT2D eigenvalue weighted by atomic mass is 10.2. The van der Waals surface area contributed by atoms with Crippen LogP contribution in [0.4, 0.5) is 15.8 Å². The number of nitrogens with one attached hydrogen (secondary N) is 1. The molecular weight excluding hydrogens is 341 g/mol. The zero-order valence-corrected chi connectivity index (χ0v) is 14.8. The Morgan fingerprint density at radius 3 is 2.40 bits per heavy atom. The molecule has 0 aromatic heterocycles. The van der Waals surface area contributed by atoms with Crippen molar-refractivity contribution in [2.45, 2.75) is 13.0 Å². The Labute approximate surface area is 152 Å². The minimum Gasteiger partial charge on any atom is -0.368 e. The predicted molar refractivity (Wildman–Crippen MR) is 99.7 cm³/mol. The highest BCUT2D eigenvalue weighted by Gasteiger charge is 2.26. The van der Waals surface area contributed by atoms with Gasteiger partial charge in [-0.2, -0.15) is 0 Å². The van der Waals surface area contributed by atoms with Crippen molar-refractivity contribution in [1.29, 1.82) is 0 Å². The van der Waals surface area contributed by atoms with Crippen molar-refractivity contribution in [3.8, 4) is 0 Å². The van der Waals surface area contributed by atoms with Crippen molar-refractivity contribution in [2.75, 3.05) is 36.4 Å². The number of para-hydroxylation sites is 2. The van der Waals surface area contributed by atoms with E-state index in [0.29, 0.717) is 0 Å². The quantitative estimate of drug-likeness (QED) is 0.903. The number of rotatable bonds is 4. The summed E-state index contributed by atoms with van der Waals surface area (Å²) in [4.78, 5) is 16.7. The number of nitrogens with zero attached hydrogens (tertiary/aromatic N) is 2. The molecule has 1 saturated heterocycles. The summed E-state index contributed by atoms with van der Waals surface area (Å²) in [5, 5.41) is 3.41. The molecule has 1 N–H and O–H groups in total. The van der Waals surface area contributed by atoms with Gasteiger partial charge in [-0.1, -0.05) is 35.9 Å². The summed E-state index contributed by atoms with van der Waals surface area (Å²) in [6, 6.07) is 13.6. The van der Waals surface area contributed by atoms with Gasteiger partial charge in [0, 0.05) is 26.2 Å². The lowest BCUT2D eigenvalue weighted by molar-refractivity contribution is -0.120. The van der Waals surface area contributed by atoms with E-state index in [1.54, 1.807) is 18.2 Å². The normalized spacial score (nSPS) is 16.5. The molecule has 0 bridgehead atoms. The number of amides is 1. The molecule has 3 rings (SSSR count). The van der Waals surface area contributed by atoms with Crippen molar-refractivity contribution < 1.29 is 9.18 Å². The number of hydrogen-bond acceptors (Lipinski definition) is 3. The summed E-state index contributed by atoms with van der Waals surface area (Å²) in [7, 11) is 0. The van der Waals surface area contributed by atoms with E-state index in [-0.39, 0.29) is 17.6 Å². The van der Waals surface area contributed by atoms with Gasteiger partial charge >= 0.3 is 0 Å². The van der Waals surface area contributed by atoms with E-state index in [2.05, 4.69) is 15.1 Å². The molecule has 1 fully saturated rings. The SMILES string of the molecule is C[C@@H](C(=O)Nc1ccccc1F)N1CCN(c2ccccc2Cl)CC1. The van der Waals surface area contributed by atoms with Crippen molar-refractivity contribution in [1.82, 2.24) is 4.90 Å². The summed E-state index contributed by atoms with van der Waals surface area (Å²) in [6.45, 7) is 4.93. The van der Waals surface area contributed by atoms with Crippen LogP contribution in [0.25, 0.3) is 0 Å². The first-order valence-electron chi connectivity index (χ1n) is 8.35. The van der Waals surface area contributed by atoms with Gasteiger partial charge in [0.05, 0.1) is 22.4 Å². The maximum absolute atomic E-state index is 13.7. The van der Waals surface area contributed by atoms with E-state index in [1.165, 1.54) is 6.07 Å². The smallest absolute Gasteiger partial charge is 0.241 e. The number of carbonyl (C=O) groups excluding carboxylic acids is 1. The van der Waals surface area contributed by atoms with Crippen molar-refractivity contribution in [2.24, 2.45) is 0 Å². The van der Waals surface area contributed by atoms with E-state index in [4.69, 9.17) is 11.6 Å². The van der Waals surface area contributed by atoms with Gasteiger partial charge in [-0.3, -0.25) is 9.69 Å². The Balaban J connectivity index is 1.58. The second-order valence-corrected chi connectivity index (χ2v) is 6.53. The zero-order chi connectivity index (χ0) is 17.8. The molecule has 1 aliphatic rings. The summed E-state index contributed by atoms with van der Waals surface area (Å²) in [5.41, 5.74) is 1.24. The topological polar surface area (TPSA) is 35.6 Å².